The molecular weight excluding hydrogens is 278 g/mol. The number of hydrogen-bond donors (Lipinski definition) is 2. The second kappa shape index (κ2) is 5.89. The number of hydrogen-bond acceptors (Lipinski definition) is 3. The Bertz CT molecular complexity index is 446. The Morgan fingerprint density at radius 3 is 2.30 bits per heavy atom. The van der Waals surface area contributed by atoms with Gasteiger partial charge in [-0.05, 0) is 38.5 Å². The van der Waals surface area contributed by atoms with Crippen molar-refractivity contribution in [3.63, 3.8) is 0 Å². The molecular formula is C13H25N3O3S. The number of sulfonamides is 1. The summed E-state index contributed by atoms with van der Waals surface area (Å²) in [6, 6.07) is -0.0358. The zero-order chi connectivity index (χ0) is 14.8. The smallest absolute Gasteiger partial charge is 0.315 e. The molecule has 0 aromatic heterocycles. The summed E-state index contributed by atoms with van der Waals surface area (Å²) in [5, 5.41) is 6.06. The van der Waals surface area contributed by atoms with E-state index in [0.717, 1.165) is 19.3 Å². The zero-order valence-electron chi connectivity index (χ0n) is 12.3. The van der Waals surface area contributed by atoms with Gasteiger partial charge in [-0.15, -0.1) is 0 Å². The lowest BCUT2D eigenvalue weighted by molar-refractivity contribution is 0.167. The minimum atomic E-state index is -3.10. The summed E-state index contributed by atoms with van der Waals surface area (Å²) >= 11 is 0. The first-order valence-corrected chi connectivity index (χ1v) is 9.23. The maximum absolute atomic E-state index is 12.0. The van der Waals surface area contributed by atoms with E-state index in [4.69, 9.17) is 0 Å². The van der Waals surface area contributed by atoms with Crippen molar-refractivity contribution in [3.8, 4) is 0 Å². The van der Waals surface area contributed by atoms with Gasteiger partial charge in [0.15, 0.2) is 0 Å². The molecule has 2 N–H and O–H groups in total. The van der Waals surface area contributed by atoms with Crippen LogP contribution >= 0.6 is 0 Å². The first-order chi connectivity index (χ1) is 9.35. The Morgan fingerprint density at radius 2 is 1.90 bits per heavy atom. The van der Waals surface area contributed by atoms with Gasteiger partial charge in [0, 0.05) is 24.7 Å². The lowest BCUT2D eigenvalue weighted by Crippen LogP contribution is -2.58. The van der Waals surface area contributed by atoms with Gasteiger partial charge >= 0.3 is 6.03 Å². The third-order valence-corrected chi connectivity index (χ3v) is 5.93. The van der Waals surface area contributed by atoms with Crippen molar-refractivity contribution in [1.82, 2.24) is 14.9 Å². The molecule has 0 bridgehead atoms. The Balaban J connectivity index is 1.76. The molecule has 116 valence electrons. The highest BCUT2D eigenvalue weighted by atomic mass is 32.2. The van der Waals surface area contributed by atoms with Gasteiger partial charge in [-0.1, -0.05) is 6.92 Å². The molecule has 0 radical (unpaired) electrons. The van der Waals surface area contributed by atoms with Crippen LogP contribution in [0.1, 0.15) is 45.4 Å². The summed E-state index contributed by atoms with van der Waals surface area (Å²) in [7, 11) is -3.10. The van der Waals surface area contributed by atoms with E-state index in [1.807, 2.05) is 0 Å². The second-order valence-electron chi connectivity index (χ2n) is 6.02. The lowest BCUT2D eigenvalue weighted by atomic mass is 9.75. The van der Waals surface area contributed by atoms with Crippen molar-refractivity contribution in [2.45, 2.75) is 57.0 Å². The summed E-state index contributed by atoms with van der Waals surface area (Å²) in [5.41, 5.74) is -0.00244. The van der Waals surface area contributed by atoms with E-state index in [9.17, 15) is 13.2 Å². The molecule has 2 rings (SSSR count). The quantitative estimate of drug-likeness (QED) is 0.814. The Morgan fingerprint density at radius 1 is 1.30 bits per heavy atom. The molecule has 1 heterocycles. The first-order valence-electron chi connectivity index (χ1n) is 7.38. The van der Waals surface area contributed by atoms with Crippen molar-refractivity contribution < 1.29 is 13.2 Å². The van der Waals surface area contributed by atoms with Gasteiger partial charge < -0.3 is 10.6 Å². The van der Waals surface area contributed by atoms with E-state index < -0.39 is 10.0 Å². The van der Waals surface area contributed by atoms with E-state index in [0.29, 0.717) is 25.9 Å². The molecule has 6 nitrogen and oxygen atoms in total. The minimum absolute atomic E-state index is 0.00244. The number of amides is 2. The Hall–Kier alpha value is -0.820. The summed E-state index contributed by atoms with van der Waals surface area (Å²) in [6.07, 6.45) is 6.86. The largest absolute Gasteiger partial charge is 0.335 e. The molecule has 0 aromatic rings. The van der Waals surface area contributed by atoms with Crippen LogP contribution in [0.4, 0.5) is 4.79 Å². The fourth-order valence-corrected chi connectivity index (χ4v) is 3.84. The third kappa shape index (κ3) is 3.63. The normalized spacial score (nSPS) is 23.9. The van der Waals surface area contributed by atoms with E-state index in [1.165, 1.54) is 17.0 Å². The predicted molar refractivity (Wildman–Crippen MR) is 78.0 cm³/mol. The van der Waals surface area contributed by atoms with Crippen LogP contribution in [0, 0.1) is 0 Å². The van der Waals surface area contributed by atoms with Gasteiger partial charge in [0.05, 0.1) is 6.26 Å². The van der Waals surface area contributed by atoms with E-state index in [1.54, 1.807) is 0 Å². The summed E-state index contributed by atoms with van der Waals surface area (Å²) in [5.74, 6) is 0. The highest BCUT2D eigenvalue weighted by molar-refractivity contribution is 7.88. The van der Waals surface area contributed by atoms with Gasteiger partial charge in [-0.25, -0.2) is 17.5 Å². The molecule has 1 aliphatic heterocycles. The molecule has 1 saturated heterocycles. The number of piperidine rings is 1. The predicted octanol–water partition coefficient (Wildman–Crippen LogP) is 1.04. The monoisotopic (exact) mass is 303 g/mol. The van der Waals surface area contributed by atoms with E-state index >= 15 is 0 Å². The number of rotatable bonds is 4. The maximum atomic E-state index is 12.0. The first kappa shape index (κ1) is 15.6. The highest BCUT2D eigenvalue weighted by Gasteiger charge is 2.37. The van der Waals surface area contributed by atoms with Gasteiger partial charge in [-0.2, -0.15) is 0 Å². The topological polar surface area (TPSA) is 78.5 Å². The van der Waals surface area contributed by atoms with E-state index in [-0.39, 0.29) is 17.6 Å². The number of urea groups is 1. The zero-order valence-corrected chi connectivity index (χ0v) is 13.1. The highest BCUT2D eigenvalue weighted by Crippen LogP contribution is 2.34. The van der Waals surface area contributed by atoms with Crippen LogP contribution in [0.5, 0.6) is 0 Å². The fourth-order valence-electron chi connectivity index (χ4n) is 2.96. The molecule has 0 spiro atoms. The van der Waals surface area contributed by atoms with Crippen molar-refractivity contribution in [3.05, 3.63) is 0 Å². The lowest BCUT2D eigenvalue weighted by Gasteiger charge is -2.42. The van der Waals surface area contributed by atoms with Gasteiger partial charge in [0.25, 0.3) is 0 Å². The molecule has 0 atom stereocenters. The summed E-state index contributed by atoms with van der Waals surface area (Å²) in [4.78, 5) is 12.0. The van der Waals surface area contributed by atoms with Gasteiger partial charge in [0.2, 0.25) is 10.0 Å². The molecule has 1 saturated carbocycles. The van der Waals surface area contributed by atoms with Gasteiger partial charge in [0.1, 0.15) is 0 Å². The average molecular weight is 303 g/mol. The molecule has 2 aliphatic rings. The molecule has 0 unspecified atom stereocenters. The molecule has 2 fully saturated rings. The van der Waals surface area contributed by atoms with Crippen LogP contribution in [-0.2, 0) is 10.0 Å². The van der Waals surface area contributed by atoms with Crippen molar-refractivity contribution in [1.29, 1.82) is 0 Å². The number of nitrogens with one attached hydrogen (secondary N) is 2. The standard InChI is InChI=1S/C13H25N3O3S/c1-3-13(7-4-8-13)15-12(17)14-11-5-9-16(10-6-11)20(2,18)19/h11H,3-10H2,1-2H3,(H2,14,15,17). The minimum Gasteiger partial charge on any atom is -0.335 e. The van der Waals surface area contributed by atoms with Crippen LogP contribution in [-0.4, -0.2) is 49.7 Å². The summed E-state index contributed by atoms with van der Waals surface area (Å²) < 4.78 is 24.3. The molecule has 0 aromatic carbocycles. The molecule has 2 amide bonds. The van der Waals surface area contributed by atoms with Crippen LogP contribution in [0.15, 0.2) is 0 Å². The number of carbonyl (C=O) groups excluding carboxylic acids is 1. The third-order valence-electron chi connectivity index (χ3n) is 4.62. The Labute approximate surface area is 121 Å². The van der Waals surface area contributed by atoms with Crippen LogP contribution in [0.25, 0.3) is 0 Å². The Kier molecular flexibility index (Phi) is 4.59. The molecule has 7 heteroatoms. The van der Waals surface area contributed by atoms with Crippen LogP contribution in [0.2, 0.25) is 0 Å². The van der Waals surface area contributed by atoms with Crippen molar-refractivity contribution in [2.24, 2.45) is 0 Å². The van der Waals surface area contributed by atoms with Gasteiger partial charge in [-0.3, -0.25) is 0 Å². The average Bonchev–Trinajstić information content (AvgIpc) is 2.33. The van der Waals surface area contributed by atoms with E-state index in [2.05, 4.69) is 17.6 Å². The van der Waals surface area contributed by atoms with Crippen molar-refractivity contribution >= 4 is 16.1 Å². The number of nitrogens with zero attached hydrogens (tertiary/aromatic N) is 1. The summed E-state index contributed by atoms with van der Waals surface area (Å²) in [6.45, 7) is 3.08. The number of carbonyl (C=O) groups is 1. The van der Waals surface area contributed by atoms with Crippen LogP contribution < -0.4 is 10.6 Å². The van der Waals surface area contributed by atoms with Crippen LogP contribution in [0.3, 0.4) is 0 Å². The molecule has 20 heavy (non-hydrogen) atoms. The van der Waals surface area contributed by atoms with Crippen molar-refractivity contribution in [2.75, 3.05) is 19.3 Å². The fraction of sp³-hybridized carbons (Fsp3) is 0.923. The second-order valence-corrected chi connectivity index (χ2v) is 8.00. The maximum Gasteiger partial charge on any atom is 0.315 e. The SMILES string of the molecule is CCC1(NC(=O)NC2CCN(S(C)(=O)=O)CC2)CCC1. The molecule has 1 aliphatic carbocycles.